The van der Waals surface area contributed by atoms with Crippen molar-refractivity contribution in [1.29, 1.82) is 0 Å². The number of urea groups is 1. The number of nitrogens with zero attached hydrogens (tertiary/aromatic N) is 1. The summed E-state index contributed by atoms with van der Waals surface area (Å²) in [6.45, 7) is 7.69. The van der Waals surface area contributed by atoms with Crippen molar-refractivity contribution in [2.75, 3.05) is 6.54 Å². The number of aliphatic carboxylic acids is 1. The zero-order valence-electron chi connectivity index (χ0n) is 12.8. The van der Waals surface area contributed by atoms with Crippen molar-refractivity contribution in [3.8, 4) is 0 Å². The van der Waals surface area contributed by atoms with Crippen LogP contribution in [0, 0.1) is 5.41 Å². The van der Waals surface area contributed by atoms with E-state index in [9.17, 15) is 24.3 Å². The molecular weight excluding hydrogens is 278 g/mol. The molecule has 3 N–H and O–H groups in total. The fourth-order valence-corrected chi connectivity index (χ4v) is 1.96. The lowest BCUT2D eigenvalue weighted by Crippen LogP contribution is -2.68. The second-order valence-corrected chi connectivity index (χ2v) is 6.61. The van der Waals surface area contributed by atoms with Gasteiger partial charge in [0.1, 0.15) is 18.1 Å². The fourth-order valence-electron chi connectivity index (χ4n) is 1.96. The number of carboxylic acids is 1. The number of hydrogen-bond donors (Lipinski definition) is 3. The quantitative estimate of drug-likeness (QED) is 0.617. The Labute approximate surface area is 122 Å². The highest BCUT2D eigenvalue weighted by Gasteiger charge is 2.45. The number of nitrogens with one attached hydrogen (secondary N) is 2. The van der Waals surface area contributed by atoms with Crippen molar-refractivity contribution < 1.29 is 24.3 Å². The molecule has 0 spiro atoms. The summed E-state index contributed by atoms with van der Waals surface area (Å²) in [5.41, 5.74) is -1.95. The number of hydrogen-bond acceptors (Lipinski definition) is 4. The van der Waals surface area contributed by atoms with E-state index in [0.717, 1.165) is 4.90 Å². The Hall–Kier alpha value is -2.12. The topological polar surface area (TPSA) is 116 Å². The smallest absolute Gasteiger partial charge is 0.326 e. The molecule has 1 atom stereocenters. The average Bonchev–Trinajstić information content (AvgIpc) is 2.28. The minimum Gasteiger partial charge on any atom is -0.480 e. The molecule has 118 valence electrons. The van der Waals surface area contributed by atoms with Gasteiger partial charge in [-0.3, -0.25) is 14.9 Å². The van der Waals surface area contributed by atoms with Gasteiger partial charge in [0.15, 0.2) is 0 Å². The maximum atomic E-state index is 12.3. The molecule has 1 saturated heterocycles. The van der Waals surface area contributed by atoms with Crippen molar-refractivity contribution in [1.82, 2.24) is 15.5 Å². The molecule has 0 aliphatic carbocycles. The number of carboxylic acid groups (broad SMARTS) is 1. The second-order valence-electron chi connectivity index (χ2n) is 6.61. The normalized spacial score (nSPS) is 19.8. The number of carbonyl (C=O) groups is 4. The molecule has 0 bridgehead atoms. The number of amides is 4. The second kappa shape index (κ2) is 5.34. The first-order valence-corrected chi connectivity index (χ1v) is 6.52. The largest absolute Gasteiger partial charge is 0.480 e. The van der Waals surface area contributed by atoms with Crippen LogP contribution in [0.2, 0.25) is 0 Å². The Balaban J connectivity index is 2.98. The highest BCUT2D eigenvalue weighted by Crippen LogP contribution is 2.22. The summed E-state index contributed by atoms with van der Waals surface area (Å²) in [6.07, 6.45) is 0. The molecule has 0 radical (unpaired) electrons. The Morgan fingerprint density at radius 3 is 2.29 bits per heavy atom. The van der Waals surface area contributed by atoms with Gasteiger partial charge in [-0.1, -0.05) is 20.8 Å². The molecule has 21 heavy (non-hydrogen) atoms. The Morgan fingerprint density at radius 2 is 1.86 bits per heavy atom. The lowest BCUT2D eigenvalue weighted by atomic mass is 9.87. The van der Waals surface area contributed by atoms with E-state index < -0.39 is 40.8 Å². The van der Waals surface area contributed by atoms with Gasteiger partial charge in [0, 0.05) is 0 Å². The van der Waals surface area contributed by atoms with Gasteiger partial charge in [-0.05, 0) is 19.3 Å². The molecule has 1 heterocycles. The molecule has 0 aromatic carbocycles. The predicted molar refractivity (Wildman–Crippen MR) is 73.3 cm³/mol. The monoisotopic (exact) mass is 299 g/mol. The number of imide groups is 1. The summed E-state index contributed by atoms with van der Waals surface area (Å²) in [4.78, 5) is 47.8. The van der Waals surface area contributed by atoms with Gasteiger partial charge in [0.05, 0.1) is 0 Å². The van der Waals surface area contributed by atoms with Crippen LogP contribution in [0.25, 0.3) is 0 Å². The van der Waals surface area contributed by atoms with E-state index in [-0.39, 0.29) is 6.54 Å². The van der Waals surface area contributed by atoms with Crippen LogP contribution < -0.4 is 10.6 Å². The van der Waals surface area contributed by atoms with Crippen molar-refractivity contribution in [3.05, 3.63) is 0 Å². The maximum Gasteiger partial charge on any atom is 0.326 e. The molecule has 8 heteroatoms. The van der Waals surface area contributed by atoms with Crippen LogP contribution >= 0.6 is 0 Å². The Bertz CT molecular complexity index is 493. The van der Waals surface area contributed by atoms with Crippen LogP contribution in [0.5, 0.6) is 0 Å². The molecule has 4 amide bonds. The van der Waals surface area contributed by atoms with E-state index in [1.165, 1.54) is 13.8 Å². The fraction of sp³-hybridized carbons (Fsp3) is 0.692. The summed E-state index contributed by atoms with van der Waals surface area (Å²) in [5.74, 6) is -2.38. The maximum absolute atomic E-state index is 12.3. The van der Waals surface area contributed by atoms with Gasteiger partial charge in [-0.25, -0.2) is 9.59 Å². The molecule has 1 aliphatic heterocycles. The molecule has 1 rings (SSSR count). The van der Waals surface area contributed by atoms with E-state index in [0.29, 0.717) is 0 Å². The first kappa shape index (κ1) is 16.9. The molecule has 1 fully saturated rings. The molecule has 0 aromatic heterocycles. The molecule has 0 saturated carbocycles. The average molecular weight is 299 g/mol. The van der Waals surface area contributed by atoms with Crippen LogP contribution in [0.15, 0.2) is 0 Å². The summed E-state index contributed by atoms with van der Waals surface area (Å²) < 4.78 is 0. The number of carbonyl (C=O) groups excluding carboxylic acids is 3. The van der Waals surface area contributed by atoms with Gasteiger partial charge in [-0.2, -0.15) is 0 Å². The van der Waals surface area contributed by atoms with Crippen molar-refractivity contribution in [2.45, 2.75) is 46.2 Å². The van der Waals surface area contributed by atoms with Gasteiger partial charge in [-0.15, -0.1) is 0 Å². The lowest BCUT2D eigenvalue weighted by molar-refractivity contribution is -0.143. The first-order chi connectivity index (χ1) is 9.37. The molecule has 0 aromatic rings. The highest BCUT2D eigenvalue weighted by atomic mass is 16.4. The van der Waals surface area contributed by atoms with Crippen LogP contribution in [0.3, 0.4) is 0 Å². The molecule has 0 unspecified atom stereocenters. The van der Waals surface area contributed by atoms with E-state index in [1.54, 1.807) is 20.8 Å². The third kappa shape index (κ3) is 3.50. The Kier molecular flexibility index (Phi) is 4.31. The van der Waals surface area contributed by atoms with Gasteiger partial charge >= 0.3 is 12.0 Å². The third-order valence-corrected chi connectivity index (χ3v) is 3.41. The summed E-state index contributed by atoms with van der Waals surface area (Å²) in [6, 6.07) is -1.90. The number of rotatable bonds is 2. The zero-order valence-corrected chi connectivity index (χ0v) is 12.8. The van der Waals surface area contributed by atoms with E-state index >= 15 is 0 Å². The lowest BCUT2D eigenvalue weighted by Gasteiger charge is -2.41. The van der Waals surface area contributed by atoms with Crippen molar-refractivity contribution >= 4 is 23.8 Å². The Morgan fingerprint density at radius 1 is 1.33 bits per heavy atom. The van der Waals surface area contributed by atoms with Crippen molar-refractivity contribution in [2.24, 2.45) is 5.41 Å². The SMILES string of the molecule is CC(C)(C)[C@@H](NC(=O)N1CC(=O)NC(=O)C1(C)C)C(=O)O. The summed E-state index contributed by atoms with van der Waals surface area (Å²) in [5, 5.41) is 13.7. The van der Waals surface area contributed by atoms with Gasteiger partial charge in [0.2, 0.25) is 5.91 Å². The zero-order chi connectivity index (χ0) is 16.6. The summed E-state index contributed by atoms with van der Waals surface area (Å²) in [7, 11) is 0. The third-order valence-electron chi connectivity index (χ3n) is 3.41. The standard InChI is InChI=1S/C13H21N3O5/c1-12(2,3)8(9(18)19)15-11(21)16-6-7(17)14-10(20)13(16,4)5/h8H,6H2,1-5H3,(H,15,21)(H,18,19)(H,14,17,20)/t8-/m0/s1. The van der Waals surface area contributed by atoms with E-state index in [1.807, 2.05) is 0 Å². The van der Waals surface area contributed by atoms with E-state index in [4.69, 9.17) is 0 Å². The van der Waals surface area contributed by atoms with Crippen LogP contribution in [-0.4, -0.2) is 51.9 Å². The first-order valence-electron chi connectivity index (χ1n) is 6.52. The van der Waals surface area contributed by atoms with Gasteiger partial charge < -0.3 is 15.3 Å². The number of piperazine rings is 1. The molecule has 1 aliphatic rings. The van der Waals surface area contributed by atoms with E-state index in [2.05, 4.69) is 10.6 Å². The minimum absolute atomic E-state index is 0.305. The molecular formula is C13H21N3O5. The minimum atomic E-state index is -1.24. The predicted octanol–water partition coefficient (Wildman–Crippen LogP) is -0.0677. The van der Waals surface area contributed by atoms with Crippen LogP contribution in [0.1, 0.15) is 34.6 Å². The van der Waals surface area contributed by atoms with Crippen LogP contribution in [-0.2, 0) is 14.4 Å². The van der Waals surface area contributed by atoms with Crippen LogP contribution in [0.4, 0.5) is 4.79 Å². The highest BCUT2D eigenvalue weighted by molar-refractivity contribution is 6.06. The molecule has 8 nitrogen and oxygen atoms in total. The van der Waals surface area contributed by atoms with Gasteiger partial charge in [0.25, 0.3) is 5.91 Å². The van der Waals surface area contributed by atoms with Crippen molar-refractivity contribution in [3.63, 3.8) is 0 Å². The summed E-state index contributed by atoms with van der Waals surface area (Å²) >= 11 is 0.